The Morgan fingerprint density at radius 3 is 2.54 bits per heavy atom. The molecule has 0 fully saturated rings. The van der Waals surface area contributed by atoms with E-state index in [4.69, 9.17) is 16.0 Å². The number of imide groups is 1. The molecule has 2 amide bonds. The van der Waals surface area contributed by atoms with Gasteiger partial charge in [-0.05, 0) is 36.4 Å². The van der Waals surface area contributed by atoms with E-state index < -0.39 is 11.5 Å². The minimum Gasteiger partial charge on any atom is -0.403 e. The molecule has 1 aliphatic rings. The second-order valence-corrected chi connectivity index (χ2v) is 5.83. The van der Waals surface area contributed by atoms with E-state index in [0.29, 0.717) is 21.7 Å². The maximum atomic E-state index is 12.1. The number of halogens is 1. The van der Waals surface area contributed by atoms with Crippen LogP contribution in [-0.4, -0.2) is 28.7 Å². The maximum Gasteiger partial charge on any atom is 0.347 e. The zero-order chi connectivity index (χ0) is 17.0. The molecule has 0 bridgehead atoms. The average molecular weight is 341 g/mol. The van der Waals surface area contributed by atoms with Gasteiger partial charge in [0, 0.05) is 17.6 Å². The fourth-order valence-corrected chi connectivity index (χ4v) is 2.83. The highest BCUT2D eigenvalue weighted by Gasteiger charge is 2.33. The van der Waals surface area contributed by atoms with Gasteiger partial charge in [-0.15, -0.1) is 0 Å². The van der Waals surface area contributed by atoms with E-state index in [2.05, 4.69) is 4.98 Å². The Kier molecular flexibility index (Phi) is 3.04. The van der Waals surface area contributed by atoms with Gasteiger partial charge in [-0.25, -0.2) is 9.78 Å². The molecule has 1 aliphatic heterocycles. The van der Waals surface area contributed by atoms with Gasteiger partial charge in [-0.1, -0.05) is 11.6 Å². The van der Waals surface area contributed by atoms with Crippen molar-refractivity contribution in [3.63, 3.8) is 0 Å². The van der Waals surface area contributed by atoms with Gasteiger partial charge in [0.15, 0.2) is 0 Å². The molecule has 2 heterocycles. The number of carbonyl (C=O) groups is 2. The summed E-state index contributed by atoms with van der Waals surface area (Å²) in [4.78, 5) is 41.5. The topological polar surface area (TPSA) is 80.5 Å². The predicted molar refractivity (Wildman–Crippen MR) is 87.1 cm³/mol. The average Bonchev–Trinajstić information content (AvgIpc) is 2.79. The second kappa shape index (κ2) is 5.01. The number of hydrogen-bond acceptors (Lipinski definition) is 5. The molecule has 24 heavy (non-hydrogen) atoms. The van der Waals surface area contributed by atoms with Crippen molar-refractivity contribution >= 4 is 34.3 Å². The molecule has 6 nitrogen and oxygen atoms in total. The van der Waals surface area contributed by atoms with Gasteiger partial charge in [0.05, 0.1) is 22.0 Å². The standard InChI is InChI=1S/C17H9ClN2O4/c1-20-15(21)10-4-2-8(6-11(10)16(20)22)14-19-13-5-3-9(18)7-12(13)17(23)24-14/h2-7H,1H3. The summed E-state index contributed by atoms with van der Waals surface area (Å²) in [6.45, 7) is 0. The van der Waals surface area contributed by atoms with Crippen LogP contribution in [-0.2, 0) is 0 Å². The molecule has 0 N–H and O–H groups in total. The van der Waals surface area contributed by atoms with Crippen LogP contribution < -0.4 is 5.63 Å². The van der Waals surface area contributed by atoms with Crippen LogP contribution in [0.1, 0.15) is 20.7 Å². The molecular weight excluding hydrogens is 332 g/mol. The van der Waals surface area contributed by atoms with Gasteiger partial charge in [-0.2, -0.15) is 0 Å². The van der Waals surface area contributed by atoms with E-state index in [1.807, 2.05) is 0 Å². The molecule has 0 saturated heterocycles. The van der Waals surface area contributed by atoms with Crippen molar-refractivity contribution in [3.05, 3.63) is 63.0 Å². The third-order valence-corrected chi connectivity index (χ3v) is 4.16. The van der Waals surface area contributed by atoms with Crippen LogP contribution in [0.15, 0.2) is 45.6 Å². The molecule has 0 radical (unpaired) electrons. The summed E-state index contributed by atoms with van der Waals surface area (Å²) in [6.07, 6.45) is 0. The predicted octanol–water partition coefficient (Wildman–Crippen LogP) is 2.73. The van der Waals surface area contributed by atoms with Gasteiger partial charge in [-0.3, -0.25) is 14.5 Å². The Hall–Kier alpha value is -2.99. The summed E-state index contributed by atoms with van der Waals surface area (Å²) in [7, 11) is 1.42. The van der Waals surface area contributed by atoms with Crippen LogP contribution in [0.4, 0.5) is 0 Å². The number of rotatable bonds is 1. The third kappa shape index (κ3) is 2.04. The van der Waals surface area contributed by atoms with Crippen LogP contribution in [0.25, 0.3) is 22.4 Å². The van der Waals surface area contributed by atoms with Gasteiger partial charge in [0.1, 0.15) is 0 Å². The molecule has 0 atom stereocenters. The zero-order valence-electron chi connectivity index (χ0n) is 12.4. The number of amides is 2. The summed E-state index contributed by atoms with van der Waals surface area (Å²) in [5.41, 5.74) is 0.893. The molecule has 0 unspecified atom stereocenters. The lowest BCUT2D eigenvalue weighted by Gasteiger charge is -2.03. The smallest absolute Gasteiger partial charge is 0.347 e. The van der Waals surface area contributed by atoms with Crippen LogP contribution in [0.3, 0.4) is 0 Å². The summed E-state index contributed by atoms with van der Waals surface area (Å²) in [5, 5.41) is 0.687. The van der Waals surface area contributed by atoms with Crippen molar-refractivity contribution < 1.29 is 14.0 Å². The zero-order valence-corrected chi connectivity index (χ0v) is 13.1. The van der Waals surface area contributed by atoms with Crippen molar-refractivity contribution in [2.45, 2.75) is 0 Å². The van der Waals surface area contributed by atoms with Crippen molar-refractivity contribution in [1.82, 2.24) is 9.88 Å². The van der Waals surface area contributed by atoms with E-state index >= 15 is 0 Å². The largest absolute Gasteiger partial charge is 0.403 e. The Bertz CT molecular complexity index is 1100. The number of aromatic nitrogens is 1. The van der Waals surface area contributed by atoms with E-state index in [1.54, 1.807) is 18.2 Å². The normalized spacial score (nSPS) is 13.7. The maximum absolute atomic E-state index is 12.1. The highest BCUT2D eigenvalue weighted by Crippen LogP contribution is 2.27. The summed E-state index contributed by atoms with van der Waals surface area (Å²) in [5.74, 6) is -0.677. The number of hydrogen-bond donors (Lipinski definition) is 0. The Balaban J connectivity index is 1.91. The van der Waals surface area contributed by atoms with Gasteiger partial charge >= 0.3 is 5.63 Å². The Morgan fingerprint density at radius 1 is 1.00 bits per heavy atom. The molecule has 7 heteroatoms. The molecule has 4 rings (SSSR count). The molecule has 118 valence electrons. The highest BCUT2D eigenvalue weighted by molar-refractivity contribution is 6.31. The van der Waals surface area contributed by atoms with E-state index in [-0.39, 0.29) is 22.7 Å². The fourth-order valence-electron chi connectivity index (χ4n) is 2.66. The van der Waals surface area contributed by atoms with Gasteiger partial charge in [0.25, 0.3) is 11.8 Å². The number of carbonyl (C=O) groups excluding carboxylic acids is 2. The van der Waals surface area contributed by atoms with Crippen LogP contribution in [0.2, 0.25) is 5.02 Å². The number of nitrogens with zero attached hydrogens (tertiary/aromatic N) is 2. The van der Waals surface area contributed by atoms with Crippen LogP contribution in [0, 0.1) is 0 Å². The first-order valence-corrected chi connectivity index (χ1v) is 7.41. The summed E-state index contributed by atoms with van der Waals surface area (Å²) < 4.78 is 5.25. The fraction of sp³-hybridized carbons (Fsp3) is 0.0588. The Morgan fingerprint density at radius 2 is 1.75 bits per heavy atom. The number of fused-ring (bicyclic) bond motifs is 2. The molecule has 0 spiro atoms. The van der Waals surface area contributed by atoms with Gasteiger partial charge in [0.2, 0.25) is 5.89 Å². The lowest BCUT2D eigenvalue weighted by atomic mass is 10.1. The van der Waals surface area contributed by atoms with Crippen LogP contribution >= 0.6 is 11.6 Å². The summed E-state index contributed by atoms with van der Waals surface area (Å²) in [6, 6.07) is 9.36. The first kappa shape index (κ1) is 14.6. The van der Waals surface area contributed by atoms with E-state index in [9.17, 15) is 14.4 Å². The first-order chi connectivity index (χ1) is 11.5. The third-order valence-electron chi connectivity index (χ3n) is 3.93. The van der Waals surface area contributed by atoms with E-state index in [0.717, 1.165) is 4.90 Å². The lowest BCUT2D eigenvalue weighted by Crippen LogP contribution is -2.24. The van der Waals surface area contributed by atoms with Crippen molar-refractivity contribution in [3.8, 4) is 11.5 Å². The molecule has 2 aromatic carbocycles. The highest BCUT2D eigenvalue weighted by atomic mass is 35.5. The lowest BCUT2D eigenvalue weighted by molar-refractivity contribution is 0.0693. The quantitative estimate of drug-likeness (QED) is 0.636. The number of benzene rings is 2. The molecule has 0 aliphatic carbocycles. The van der Waals surface area contributed by atoms with Gasteiger partial charge < -0.3 is 4.42 Å². The van der Waals surface area contributed by atoms with Crippen molar-refractivity contribution in [2.75, 3.05) is 7.05 Å². The molecule has 3 aromatic rings. The summed E-state index contributed by atoms with van der Waals surface area (Å²) >= 11 is 5.87. The van der Waals surface area contributed by atoms with Crippen LogP contribution in [0.5, 0.6) is 0 Å². The van der Waals surface area contributed by atoms with Crippen molar-refractivity contribution in [2.24, 2.45) is 0 Å². The second-order valence-electron chi connectivity index (χ2n) is 5.40. The minimum absolute atomic E-state index is 0.0763. The molecule has 0 saturated carbocycles. The Labute approximate surface area is 140 Å². The van der Waals surface area contributed by atoms with E-state index in [1.165, 1.54) is 25.2 Å². The SMILES string of the molecule is CN1C(=O)c2ccc(-c3nc4ccc(Cl)cc4c(=O)o3)cc2C1=O. The molecular formula is C17H9ClN2O4. The minimum atomic E-state index is -0.572. The van der Waals surface area contributed by atoms with Crippen molar-refractivity contribution in [1.29, 1.82) is 0 Å². The monoisotopic (exact) mass is 340 g/mol. The molecule has 1 aromatic heterocycles. The first-order valence-electron chi connectivity index (χ1n) is 7.03.